The summed E-state index contributed by atoms with van der Waals surface area (Å²) in [6.07, 6.45) is 9.01. The van der Waals surface area contributed by atoms with Gasteiger partial charge in [0.2, 0.25) is 0 Å². The van der Waals surface area contributed by atoms with Crippen molar-refractivity contribution >= 4 is 11.6 Å². The Morgan fingerprint density at radius 2 is 1.83 bits per heavy atom. The van der Waals surface area contributed by atoms with Gasteiger partial charge in [-0.1, -0.05) is 12.1 Å². The molecule has 158 valence electrons. The third-order valence-corrected chi connectivity index (χ3v) is 7.30. The summed E-state index contributed by atoms with van der Waals surface area (Å²) in [7, 11) is 1.93. The van der Waals surface area contributed by atoms with Crippen LogP contribution in [0.2, 0.25) is 0 Å². The van der Waals surface area contributed by atoms with Gasteiger partial charge in [0, 0.05) is 24.8 Å². The summed E-state index contributed by atoms with van der Waals surface area (Å²) in [6, 6.07) is 7.92. The molecule has 4 fully saturated rings. The molecule has 0 spiro atoms. The third kappa shape index (κ3) is 3.24. The van der Waals surface area contributed by atoms with Crippen LogP contribution in [0.25, 0.3) is 0 Å². The molecule has 0 unspecified atom stereocenters. The Hall–Kier alpha value is -2.90. The van der Waals surface area contributed by atoms with Crippen LogP contribution in [0.1, 0.15) is 49.0 Å². The van der Waals surface area contributed by atoms with E-state index in [-0.39, 0.29) is 29.6 Å². The average Bonchev–Trinajstić information content (AvgIpc) is 3.19. The second-order valence-electron chi connectivity index (χ2n) is 9.24. The maximum absolute atomic E-state index is 13.2. The van der Waals surface area contributed by atoms with Crippen molar-refractivity contribution in [1.29, 1.82) is 0 Å². The summed E-state index contributed by atoms with van der Waals surface area (Å²) >= 11 is 0. The average molecular weight is 410 g/mol. The van der Waals surface area contributed by atoms with E-state index in [4.69, 9.17) is 4.74 Å². The number of para-hydroxylation sites is 2. The molecule has 1 aromatic carbocycles. The highest BCUT2D eigenvalue weighted by Gasteiger charge is 2.54. The van der Waals surface area contributed by atoms with Gasteiger partial charge < -0.3 is 9.64 Å². The van der Waals surface area contributed by atoms with E-state index in [2.05, 4.69) is 5.10 Å². The van der Waals surface area contributed by atoms with Crippen molar-refractivity contribution in [3.8, 4) is 5.75 Å². The lowest BCUT2D eigenvalue weighted by molar-refractivity contribution is -0.386. The van der Waals surface area contributed by atoms with Gasteiger partial charge in [-0.2, -0.15) is 5.10 Å². The molecule has 0 aliphatic heterocycles. The van der Waals surface area contributed by atoms with Crippen LogP contribution < -0.4 is 4.74 Å². The Bertz CT molecular complexity index is 950. The molecular formula is C22H26N4O4. The number of nitro groups is 1. The number of carbonyl (C=O) groups is 1. The lowest BCUT2D eigenvalue weighted by atomic mass is 9.52. The van der Waals surface area contributed by atoms with Crippen molar-refractivity contribution in [1.82, 2.24) is 14.7 Å². The zero-order valence-corrected chi connectivity index (χ0v) is 17.1. The van der Waals surface area contributed by atoms with Crippen molar-refractivity contribution in [2.45, 2.75) is 50.8 Å². The number of carbonyl (C=O) groups excluding carboxylic acids is 1. The van der Waals surface area contributed by atoms with Gasteiger partial charge in [-0.25, -0.2) is 4.68 Å². The molecule has 0 radical (unpaired) electrons. The second-order valence-corrected chi connectivity index (χ2v) is 9.24. The van der Waals surface area contributed by atoms with Crippen LogP contribution in [0.5, 0.6) is 5.75 Å². The standard InChI is InChI=1S/C22H26N4O4/c1-24(22-11-15-8-16(12-22)10-17(9-15)13-22)21(27)18-6-7-25(23-18)14-30-20-5-3-2-4-19(20)26(28)29/h2-7,15-17H,8-14H2,1H3. The molecule has 1 heterocycles. The summed E-state index contributed by atoms with van der Waals surface area (Å²) in [5.74, 6) is 2.41. The lowest BCUT2D eigenvalue weighted by Crippen LogP contribution is -2.60. The van der Waals surface area contributed by atoms with Crippen LogP contribution in [-0.2, 0) is 6.73 Å². The van der Waals surface area contributed by atoms with Gasteiger partial charge in [0.05, 0.1) is 4.92 Å². The zero-order valence-electron chi connectivity index (χ0n) is 17.1. The fourth-order valence-electron chi connectivity index (χ4n) is 6.28. The van der Waals surface area contributed by atoms with Crippen LogP contribution in [0.15, 0.2) is 36.5 Å². The maximum Gasteiger partial charge on any atom is 0.311 e. The van der Waals surface area contributed by atoms with Crippen molar-refractivity contribution in [2.24, 2.45) is 17.8 Å². The zero-order chi connectivity index (χ0) is 20.9. The Balaban J connectivity index is 1.28. The molecule has 8 nitrogen and oxygen atoms in total. The lowest BCUT2D eigenvalue weighted by Gasteiger charge is -2.59. The molecule has 4 bridgehead atoms. The summed E-state index contributed by atoms with van der Waals surface area (Å²) in [5, 5.41) is 15.5. The predicted octanol–water partition coefficient (Wildman–Crippen LogP) is 3.87. The number of benzene rings is 1. The molecule has 4 saturated carbocycles. The van der Waals surface area contributed by atoms with Gasteiger partial charge in [-0.3, -0.25) is 14.9 Å². The van der Waals surface area contributed by atoms with Gasteiger partial charge in [-0.15, -0.1) is 0 Å². The Kier molecular flexibility index (Phi) is 4.52. The predicted molar refractivity (Wildman–Crippen MR) is 109 cm³/mol. The highest BCUT2D eigenvalue weighted by Crippen LogP contribution is 2.57. The topological polar surface area (TPSA) is 90.5 Å². The summed E-state index contributed by atoms with van der Waals surface area (Å²) in [4.78, 5) is 25.8. The number of ether oxygens (including phenoxy) is 1. The van der Waals surface area contributed by atoms with E-state index in [1.54, 1.807) is 30.5 Å². The third-order valence-electron chi connectivity index (χ3n) is 7.30. The van der Waals surface area contributed by atoms with Crippen molar-refractivity contribution in [2.75, 3.05) is 7.05 Å². The van der Waals surface area contributed by atoms with Crippen LogP contribution in [0.4, 0.5) is 5.69 Å². The summed E-state index contributed by atoms with van der Waals surface area (Å²) < 4.78 is 7.07. The molecular weight excluding hydrogens is 384 g/mol. The van der Waals surface area contributed by atoms with Crippen LogP contribution in [-0.4, -0.2) is 38.1 Å². The van der Waals surface area contributed by atoms with Gasteiger partial charge in [0.25, 0.3) is 5.91 Å². The van der Waals surface area contributed by atoms with Gasteiger partial charge >= 0.3 is 5.69 Å². The number of hydrogen-bond donors (Lipinski definition) is 0. The number of nitrogens with zero attached hydrogens (tertiary/aromatic N) is 4. The molecule has 0 saturated heterocycles. The number of nitro benzene ring substituents is 1. The summed E-state index contributed by atoms with van der Waals surface area (Å²) in [5.41, 5.74) is 0.276. The van der Waals surface area contributed by atoms with Gasteiger partial charge in [-0.05, 0) is 68.4 Å². The van der Waals surface area contributed by atoms with Gasteiger partial charge in [0.15, 0.2) is 18.2 Å². The summed E-state index contributed by atoms with van der Waals surface area (Å²) in [6.45, 7) is -0.000781. The van der Waals surface area contributed by atoms with Crippen molar-refractivity contribution in [3.05, 3.63) is 52.3 Å². The van der Waals surface area contributed by atoms with E-state index in [1.165, 1.54) is 30.0 Å². The van der Waals surface area contributed by atoms with E-state index in [0.717, 1.165) is 37.0 Å². The van der Waals surface area contributed by atoms with Gasteiger partial charge in [0.1, 0.15) is 0 Å². The van der Waals surface area contributed by atoms with Crippen molar-refractivity contribution < 1.29 is 14.5 Å². The van der Waals surface area contributed by atoms with Crippen LogP contribution in [0.3, 0.4) is 0 Å². The monoisotopic (exact) mass is 410 g/mol. The largest absolute Gasteiger partial charge is 0.464 e. The molecule has 30 heavy (non-hydrogen) atoms. The Morgan fingerprint density at radius 3 is 2.47 bits per heavy atom. The minimum absolute atomic E-state index is 0.000781. The van der Waals surface area contributed by atoms with Crippen LogP contribution >= 0.6 is 0 Å². The first-order chi connectivity index (χ1) is 14.4. The molecule has 1 amide bonds. The molecule has 2 aromatic rings. The number of aromatic nitrogens is 2. The van der Waals surface area contributed by atoms with E-state index < -0.39 is 4.92 Å². The molecule has 4 aliphatic rings. The highest BCUT2D eigenvalue weighted by molar-refractivity contribution is 5.92. The first-order valence-electron chi connectivity index (χ1n) is 10.6. The van der Waals surface area contributed by atoms with E-state index in [9.17, 15) is 14.9 Å². The second kappa shape index (κ2) is 7.11. The number of hydrogen-bond acceptors (Lipinski definition) is 5. The molecule has 8 heteroatoms. The fraction of sp³-hybridized carbons (Fsp3) is 0.545. The molecule has 1 aromatic heterocycles. The molecule has 4 aliphatic carbocycles. The smallest absolute Gasteiger partial charge is 0.311 e. The molecule has 6 rings (SSSR count). The SMILES string of the molecule is CN(C(=O)c1ccn(COc2ccccc2[N+](=O)[O-])n1)C12CC3CC(CC(C3)C1)C2. The maximum atomic E-state index is 13.2. The Morgan fingerprint density at radius 1 is 1.20 bits per heavy atom. The van der Waals surface area contributed by atoms with Crippen molar-refractivity contribution in [3.63, 3.8) is 0 Å². The van der Waals surface area contributed by atoms with E-state index in [1.807, 2.05) is 11.9 Å². The normalized spacial score (nSPS) is 29.0. The molecule has 0 N–H and O–H groups in total. The highest BCUT2D eigenvalue weighted by atomic mass is 16.6. The quantitative estimate of drug-likeness (QED) is 0.533. The first kappa shape index (κ1) is 19.1. The van der Waals surface area contributed by atoms with E-state index >= 15 is 0 Å². The van der Waals surface area contributed by atoms with Crippen LogP contribution in [0, 0.1) is 27.9 Å². The Labute approximate surface area is 175 Å². The number of rotatable bonds is 6. The fourth-order valence-corrected chi connectivity index (χ4v) is 6.28. The minimum atomic E-state index is -0.478. The van der Waals surface area contributed by atoms with E-state index in [0.29, 0.717) is 5.69 Å². The number of amides is 1. The minimum Gasteiger partial charge on any atom is -0.464 e. The first-order valence-corrected chi connectivity index (χ1v) is 10.6. The molecule has 0 atom stereocenters.